The minimum Gasteiger partial charge on any atom is -0.335 e. The number of anilines is 1. The van der Waals surface area contributed by atoms with Crippen LogP contribution in [-0.2, 0) is 6.54 Å². The molecule has 0 aromatic carbocycles. The summed E-state index contributed by atoms with van der Waals surface area (Å²) in [5, 5.41) is 9.82. The van der Waals surface area contributed by atoms with Crippen LogP contribution in [0.25, 0.3) is 0 Å². The van der Waals surface area contributed by atoms with Crippen molar-refractivity contribution < 1.29 is 4.79 Å². The lowest BCUT2D eigenvalue weighted by Crippen LogP contribution is -2.35. The molecule has 0 aliphatic heterocycles. The van der Waals surface area contributed by atoms with Crippen LogP contribution < -0.4 is 10.6 Å². The Morgan fingerprint density at radius 3 is 2.95 bits per heavy atom. The molecule has 0 fully saturated rings. The maximum absolute atomic E-state index is 11.7. The zero-order chi connectivity index (χ0) is 14.4. The minimum atomic E-state index is -0.234. The molecule has 0 saturated carbocycles. The van der Waals surface area contributed by atoms with E-state index in [-0.39, 0.29) is 12.1 Å². The van der Waals surface area contributed by atoms with Crippen molar-refractivity contribution in [2.24, 2.45) is 0 Å². The summed E-state index contributed by atoms with van der Waals surface area (Å²) >= 11 is 0. The molecule has 2 aromatic heterocycles. The monoisotopic (exact) mass is 273 g/mol. The zero-order valence-electron chi connectivity index (χ0n) is 11.7. The summed E-state index contributed by atoms with van der Waals surface area (Å²) in [6, 6.07) is 7.42. The first-order valence-corrected chi connectivity index (χ1v) is 6.68. The number of aromatic nitrogens is 3. The second-order valence-corrected chi connectivity index (χ2v) is 4.63. The third-order valence-electron chi connectivity index (χ3n) is 2.92. The fourth-order valence-corrected chi connectivity index (χ4v) is 1.65. The summed E-state index contributed by atoms with van der Waals surface area (Å²) in [6.07, 6.45) is 4.45. The summed E-state index contributed by atoms with van der Waals surface area (Å²) in [7, 11) is 0. The lowest BCUT2D eigenvalue weighted by Gasteiger charge is -2.11. The second-order valence-electron chi connectivity index (χ2n) is 4.63. The highest BCUT2D eigenvalue weighted by molar-refractivity contribution is 5.88. The predicted octanol–water partition coefficient (Wildman–Crippen LogP) is 2.25. The molecule has 2 N–H and O–H groups in total. The van der Waals surface area contributed by atoms with Crippen LogP contribution >= 0.6 is 0 Å². The Hall–Kier alpha value is -2.37. The molecule has 6 heteroatoms. The fraction of sp³-hybridized carbons (Fsp3) is 0.357. The summed E-state index contributed by atoms with van der Waals surface area (Å²) in [4.78, 5) is 15.9. The topological polar surface area (TPSA) is 71.8 Å². The van der Waals surface area contributed by atoms with Crippen LogP contribution in [0.1, 0.15) is 26.0 Å². The maximum Gasteiger partial charge on any atom is 0.320 e. The summed E-state index contributed by atoms with van der Waals surface area (Å²) < 4.78 is 1.74. The molecule has 2 amide bonds. The van der Waals surface area contributed by atoms with Crippen LogP contribution in [0.15, 0.2) is 36.7 Å². The quantitative estimate of drug-likeness (QED) is 0.877. The summed E-state index contributed by atoms with van der Waals surface area (Å²) in [6.45, 7) is 4.56. The molecular weight excluding hydrogens is 254 g/mol. The molecule has 0 aliphatic rings. The van der Waals surface area contributed by atoms with Gasteiger partial charge in [0.15, 0.2) is 5.82 Å². The van der Waals surface area contributed by atoms with Crippen molar-refractivity contribution in [1.82, 2.24) is 20.1 Å². The van der Waals surface area contributed by atoms with Crippen LogP contribution in [0.2, 0.25) is 0 Å². The van der Waals surface area contributed by atoms with E-state index in [0.717, 1.165) is 12.1 Å². The van der Waals surface area contributed by atoms with Crippen LogP contribution in [0, 0.1) is 0 Å². The van der Waals surface area contributed by atoms with Gasteiger partial charge >= 0.3 is 6.03 Å². The largest absolute Gasteiger partial charge is 0.335 e. The molecule has 1 atom stereocenters. The molecular formula is C14H19N5O. The fourth-order valence-electron chi connectivity index (χ4n) is 1.65. The number of hydrogen-bond donors (Lipinski definition) is 2. The van der Waals surface area contributed by atoms with E-state index in [1.807, 2.05) is 38.2 Å². The van der Waals surface area contributed by atoms with Crippen molar-refractivity contribution in [3.05, 3.63) is 42.4 Å². The van der Waals surface area contributed by atoms with Gasteiger partial charge in [0.1, 0.15) is 0 Å². The molecule has 106 valence electrons. The Bertz CT molecular complexity index is 552. The number of carbonyl (C=O) groups is 1. The Balaban J connectivity index is 1.91. The highest BCUT2D eigenvalue weighted by Gasteiger charge is 2.07. The molecule has 0 spiro atoms. The van der Waals surface area contributed by atoms with Gasteiger partial charge in [-0.1, -0.05) is 13.0 Å². The molecule has 0 unspecified atom stereocenters. The molecule has 6 nitrogen and oxygen atoms in total. The summed E-state index contributed by atoms with van der Waals surface area (Å²) in [5.41, 5.74) is 0.922. The van der Waals surface area contributed by atoms with Crippen molar-refractivity contribution >= 4 is 11.8 Å². The van der Waals surface area contributed by atoms with E-state index in [1.54, 1.807) is 16.9 Å². The van der Waals surface area contributed by atoms with Crippen LogP contribution in [0.4, 0.5) is 10.6 Å². The normalized spacial score (nSPS) is 11.9. The minimum absolute atomic E-state index is 0.144. The highest BCUT2D eigenvalue weighted by Crippen LogP contribution is 2.05. The smallest absolute Gasteiger partial charge is 0.320 e. The first kappa shape index (κ1) is 14.0. The van der Waals surface area contributed by atoms with E-state index >= 15 is 0 Å². The third kappa shape index (κ3) is 4.08. The molecule has 2 heterocycles. The van der Waals surface area contributed by atoms with Crippen LogP contribution in [0.3, 0.4) is 0 Å². The lowest BCUT2D eigenvalue weighted by molar-refractivity contribution is 0.249. The standard InChI is InChI=1S/C14H19N5O/c1-3-11(2)16-14(20)17-13-7-9-19(18-13)10-12-6-4-5-8-15-12/h4-9,11H,3,10H2,1-2H3,(H2,16,17,18,20)/t11-/m1/s1. The van der Waals surface area contributed by atoms with Gasteiger partial charge < -0.3 is 5.32 Å². The van der Waals surface area contributed by atoms with Gasteiger partial charge in [-0.25, -0.2) is 4.79 Å². The SMILES string of the molecule is CC[C@@H](C)NC(=O)Nc1ccn(Cc2ccccn2)n1. The molecule has 0 radical (unpaired) electrons. The van der Waals surface area contributed by atoms with E-state index in [4.69, 9.17) is 0 Å². The van der Waals surface area contributed by atoms with Gasteiger partial charge in [0.05, 0.1) is 12.2 Å². The van der Waals surface area contributed by atoms with Crippen molar-refractivity contribution in [3.8, 4) is 0 Å². The van der Waals surface area contributed by atoms with Crippen LogP contribution in [0.5, 0.6) is 0 Å². The zero-order valence-corrected chi connectivity index (χ0v) is 11.7. The lowest BCUT2D eigenvalue weighted by atomic mass is 10.3. The van der Waals surface area contributed by atoms with E-state index in [1.165, 1.54) is 0 Å². The van der Waals surface area contributed by atoms with Gasteiger partial charge in [0, 0.05) is 24.5 Å². The first-order chi connectivity index (χ1) is 9.67. The molecule has 20 heavy (non-hydrogen) atoms. The van der Waals surface area contributed by atoms with E-state index < -0.39 is 0 Å². The number of carbonyl (C=O) groups excluding carboxylic acids is 1. The second kappa shape index (κ2) is 6.70. The Labute approximate surface area is 118 Å². The number of rotatable bonds is 5. The first-order valence-electron chi connectivity index (χ1n) is 6.68. The molecule has 0 bridgehead atoms. The number of nitrogens with zero attached hydrogens (tertiary/aromatic N) is 3. The molecule has 2 rings (SSSR count). The van der Waals surface area contributed by atoms with Crippen molar-refractivity contribution in [2.75, 3.05) is 5.32 Å². The average Bonchev–Trinajstić information content (AvgIpc) is 2.86. The van der Waals surface area contributed by atoms with Gasteiger partial charge in [-0.15, -0.1) is 0 Å². The Kier molecular flexibility index (Phi) is 4.70. The number of nitrogens with one attached hydrogen (secondary N) is 2. The average molecular weight is 273 g/mol. The Morgan fingerprint density at radius 2 is 2.25 bits per heavy atom. The number of pyridine rings is 1. The molecule has 2 aromatic rings. The number of amides is 2. The number of urea groups is 1. The summed E-state index contributed by atoms with van der Waals surface area (Å²) in [5.74, 6) is 0.529. The van der Waals surface area contributed by atoms with Gasteiger partial charge in [0.25, 0.3) is 0 Å². The van der Waals surface area contributed by atoms with E-state index in [2.05, 4.69) is 20.7 Å². The van der Waals surface area contributed by atoms with Gasteiger partial charge in [-0.3, -0.25) is 15.0 Å². The van der Waals surface area contributed by atoms with Gasteiger partial charge in [-0.05, 0) is 25.5 Å². The predicted molar refractivity (Wildman–Crippen MR) is 77.5 cm³/mol. The highest BCUT2D eigenvalue weighted by atomic mass is 16.2. The van der Waals surface area contributed by atoms with Crippen molar-refractivity contribution in [1.29, 1.82) is 0 Å². The van der Waals surface area contributed by atoms with Crippen molar-refractivity contribution in [2.45, 2.75) is 32.9 Å². The maximum atomic E-state index is 11.7. The van der Waals surface area contributed by atoms with Gasteiger partial charge in [-0.2, -0.15) is 5.10 Å². The third-order valence-corrected chi connectivity index (χ3v) is 2.92. The van der Waals surface area contributed by atoms with Crippen molar-refractivity contribution in [3.63, 3.8) is 0 Å². The van der Waals surface area contributed by atoms with Gasteiger partial charge in [0.2, 0.25) is 0 Å². The number of hydrogen-bond acceptors (Lipinski definition) is 3. The molecule has 0 aliphatic carbocycles. The Morgan fingerprint density at radius 1 is 1.40 bits per heavy atom. The van der Waals surface area contributed by atoms with E-state index in [9.17, 15) is 4.79 Å². The van der Waals surface area contributed by atoms with E-state index in [0.29, 0.717) is 12.4 Å². The van der Waals surface area contributed by atoms with Crippen LogP contribution in [-0.4, -0.2) is 26.8 Å². The molecule has 0 saturated heterocycles.